The molecule has 0 aromatic heterocycles. The maximum absolute atomic E-state index is 12.0. The van der Waals surface area contributed by atoms with E-state index in [2.05, 4.69) is 0 Å². The molecular weight excluding hydrogens is 339 g/mol. The Morgan fingerprint density at radius 1 is 1.15 bits per heavy atom. The summed E-state index contributed by atoms with van der Waals surface area (Å²) < 4.78 is 33.6. The fraction of sp³-hybridized carbons (Fsp3) is 0.611. The molecule has 0 amide bonds. The molecule has 1 atom stereocenters. The van der Waals surface area contributed by atoms with Crippen molar-refractivity contribution in [2.75, 3.05) is 21.0 Å². The lowest BCUT2D eigenvalue weighted by Crippen LogP contribution is -2.41. The molecule has 0 N–H and O–H groups in total. The van der Waals surface area contributed by atoms with Crippen LogP contribution in [0.3, 0.4) is 0 Å². The van der Waals surface area contributed by atoms with Crippen LogP contribution in [0.4, 0.5) is 0 Å². The average Bonchev–Trinajstić information content (AvgIpc) is 3.13. The largest absolute Gasteiger partial charge is 0.493 e. The van der Waals surface area contributed by atoms with Crippen molar-refractivity contribution in [2.24, 2.45) is 0 Å². The zero-order chi connectivity index (χ0) is 19.1. The lowest BCUT2D eigenvalue weighted by atomic mass is 9.66. The van der Waals surface area contributed by atoms with Crippen LogP contribution >= 0.6 is 0 Å². The zero-order valence-corrected chi connectivity index (χ0v) is 16.1. The van der Waals surface area contributed by atoms with Gasteiger partial charge in [-0.1, -0.05) is 0 Å². The lowest BCUT2D eigenvalue weighted by Gasteiger charge is -2.32. The van der Waals surface area contributed by atoms with Crippen molar-refractivity contribution in [1.29, 1.82) is 0 Å². The molecule has 1 saturated heterocycles. The first-order valence-electron chi connectivity index (χ1n) is 8.58. The Bertz CT molecular complexity index is 685. The highest BCUT2D eigenvalue weighted by Crippen LogP contribution is 2.47. The van der Waals surface area contributed by atoms with Gasteiger partial charge in [0.15, 0.2) is 11.5 Å². The molecule has 8 heteroatoms. The maximum atomic E-state index is 12.0. The summed E-state index contributed by atoms with van der Waals surface area (Å²) in [5.74, 6) is 0.947. The molecule has 0 saturated carbocycles. The quantitative estimate of drug-likeness (QED) is 0.588. The minimum Gasteiger partial charge on any atom is -0.493 e. The van der Waals surface area contributed by atoms with E-state index in [0.717, 1.165) is 5.56 Å². The molecule has 1 aromatic carbocycles. The number of benzene rings is 1. The lowest BCUT2D eigenvalue weighted by molar-refractivity contribution is -0.140. The van der Waals surface area contributed by atoms with Crippen molar-refractivity contribution >= 4 is 13.1 Å². The normalized spacial score (nSPS) is 20.8. The molecule has 1 fully saturated rings. The number of hydrogen-bond acceptors (Lipinski definition) is 7. The van der Waals surface area contributed by atoms with Crippen molar-refractivity contribution < 1.29 is 33.1 Å². The molecule has 1 aromatic rings. The summed E-state index contributed by atoms with van der Waals surface area (Å²) in [5.41, 5.74) is -0.214. The second-order valence-electron chi connectivity index (χ2n) is 7.47. The van der Waals surface area contributed by atoms with Gasteiger partial charge in [0.25, 0.3) is 0 Å². The van der Waals surface area contributed by atoms with E-state index in [1.165, 1.54) is 7.11 Å². The number of fused-ring (bicyclic) bond motifs is 1. The Hall–Kier alpha value is -1.93. The minimum absolute atomic E-state index is 0.107. The Balaban J connectivity index is 1.99. The van der Waals surface area contributed by atoms with E-state index < -0.39 is 18.3 Å². The van der Waals surface area contributed by atoms with E-state index in [4.69, 9.17) is 28.3 Å². The van der Waals surface area contributed by atoms with Crippen LogP contribution in [0.25, 0.3) is 0 Å². The molecule has 0 bridgehead atoms. The Morgan fingerprint density at radius 2 is 1.81 bits per heavy atom. The van der Waals surface area contributed by atoms with Gasteiger partial charge in [0.05, 0.1) is 31.8 Å². The van der Waals surface area contributed by atoms with Crippen LogP contribution in [-0.4, -0.2) is 45.3 Å². The van der Waals surface area contributed by atoms with Gasteiger partial charge in [-0.15, -0.1) is 0 Å². The van der Waals surface area contributed by atoms with E-state index in [0.29, 0.717) is 17.2 Å². The molecule has 26 heavy (non-hydrogen) atoms. The Morgan fingerprint density at radius 3 is 2.38 bits per heavy atom. The van der Waals surface area contributed by atoms with Gasteiger partial charge in [-0.2, -0.15) is 0 Å². The van der Waals surface area contributed by atoms with Crippen LogP contribution in [-0.2, 0) is 18.8 Å². The van der Waals surface area contributed by atoms with Crippen LogP contribution in [0.2, 0.25) is 0 Å². The molecule has 0 spiro atoms. The molecule has 142 valence electrons. The highest BCUT2D eigenvalue weighted by molar-refractivity contribution is 6.48. The van der Waals surface area contributed by atoms with Crippen LogP contribution in [0.15, 0.2) is 12.1 Å². The third kappa shape index (κ3) is 3.23. The monoisotopic (exact) mass is 364 g/mol. The highest BCUT2D eigenvalue weighted by atomic mass is 16.7. The van der Waals surface area contributed by atoms with Crippen molar-refractivity contribution in [3.8, 4) is 17.2 Å². The number of carbonyl (C=O) groups excluding carboxylic acids is 1. The van der Waals surface area contributed by atoms with Gasteiger partial charge in [0.1, 0.15) is 0 Å². The van der Waals surface area contributed by atoms with Crippen molar-refractivity contribution in [3.05, 3.63) is 17.7 Å². The third-order valence-electron chi connectivity index (χ3n) is 5.32. The summed E-state index contributed by atoms with van der Waals surface area (Å²) in [6.45, 7) is 8.03. The summed E-state index contributed by atoms with van der Waals surface area (Å²) in [5, 5.41) is 0. The van der Waals surface area contributed by atoms with E-state index in [1.807, 2.05) is 39.8 Å². The molecule has 2 aliphatic heterocycles. The summed E-state index contributed by atoms with van der Waals surface area (Å²) in [6.07, 6.45) is 0.107. The number of carbonyl (C=O) groups is 1. The van der Waals surface area contributed by atoms with Crippen LogP contribution in [0.1, 0.15) is 45.5 Å². The van der Waals surface area contributed by atoms with Gasteiger partial charge in [0.2, 0.25) is 12.5 Å². The second kappa shape index (κ2) is 6.66. The van der Waals surface area contributed by atoms with E-state index in [-0.39, 0.29) is 25.0 Å². The first kappa shape index (κ1) is 18.9. The average molecular weight is 364 g/mol. The molecule has 2 aliphatic rings. The zero-order valence-electron chi connectivity index (χ0n) is 16.1. The maximum Gasteiger partial charge on any atom is 0.466 e. The number of esters is 1. The Kier molecular flexibility index (Phi) is 4.83. The Labute approximate surface area is 154 Å². The van der Waals surface area contributed by atoms with Crippen LogP contribution < -0.4 is 14.2 Å². The molecule has 2 heterocycles. The summed E-state index contributed by atoms with van der Waals surface area (Å²) in [7, 11) is 2.32. The van der Waals surface area contributed by atoms with Gasteiger partial charge >= 0.3 is 13.1 Å². The smallest absolute Gasteiger partial charge is 0.466 e. The summed E-state index contributed by atoms with van der Waals surface area (Å²) in [4.78, 5) is 12.0. The van der Waals surface area contributed by atoms with Gasteiger partial charge in [-0.25, -0.2) is 0 Å². The van der Waals surface area contributed by atoms with Crippen molar-refractivity contribution in [2.45, 2.75) is 51.1 Å². The SMILES string of the molecule is COC(=O)CC(B1OC(C)(C)C(C)(C)O1)c1cc(OC)c2c(c1)OCO2. The topological polar surface area (TPSA) is 72.5 Å². The van der Waals surface area contributed by atoms with E-state index >= 15 is 0 Å². The predicted octanol–water partition coefficient (Wildman–Crippen LogP) is 2.70. The molecule has 7 nitrogen and oxygen atoms in total. The van der Waals surface area contributed by atoms with Gasteiger partial charge < -0.3 is 28.3 Å². The first-order valence-corrected chi connectivity index (χ1v) is 8.58. The standard InChI is InChI=1S/C18H25BO7/c1-17(2)18(3,4)26-19(25-17)12(9-15(20)22-6)11-7-13(21-5)16-14(8-11)23-10-24-16/h7-8,12H,9-10H2,1-6H3. The summed E-state index contributed by atoms with van der Waals surface area (Å²) in [6, 6.07) is 3.66. The van der Waals surface area contributed by atoms with Crippen LogP contribution in [0, 0.1) is 0 Å². The van der Waals surface area contributed by atoms with Gasteiger partial charge in [0, 0.05) is 5.82 Å². The first-order chi connectivity index (χ1) is 12.2. The van der Waals surface area contributed by atoms with E-state index in [1.54, 1.807) is 7.11 Å². The van der Waals surface area contributed by atoms with E-state index in [9.17, 15) is 4.79 Å². The number of methoxy groups -OCH3 is 2. The van der Waals surface area contributed by atoms with Gasteiger partial charge in [-0.3, -0.25) is 4.79 Å². The third-order valence-corrected chi connectivity index (χ3v) is 5.32. The molecule has 1 unspecified atom stereocenters. The molecule has 0 aliphatic carbocycles. The number of ether oxygens (including phenoxy) is 4. The van der Waals surface area contributed by atoms with Crippen molar-refractivity contribution in [3.63, 3.8) is 0 Å². The summed E-state index contributed by atoms with van der Waals surface area (Å²) >= 11 is 0. The minimum atomic E-state index is -0.607. The predicted molar refractivity (Wildman–Crippen MR) is 94.6 cm³/mol. The second-order valence-corrected chi connectivity index (χ2v) is 7.47. The molecule has 0 radical (unpaired) electrons. The van der Waals surface area contributed by atoms with Crippen LogP contribution in [0.5, 0.6) is 17.2 Å². The molecular formula is C18H25BO7. The molecule has 3 rings (SSSR count). The van der Waals surface area contributed by atoms with Gasteiger partial charge in [-0.05, 0) is 45.4 Å². The van der Waals surface area contributed by atoms with Crippen molar-refractivity contribution in [1.82, 2.24) is 0 Å². The number of hydrogen-bond donors (Lipinski definition) is 0. The highest BCUT2D eigenvalue weighted by Gasteiger charge is 2.54. The number of rotatable bonds is 5. The fourth-order valence-electron chi connectivity index (χ4n) is 3.05. The fourth-order valence-corrected chi connectivity index (χ4v) is 3.05.